The molecule has 0 aliphatic carbocycles. The number of hydrogen-bond acceptors (Lipinski definition) is 3. The fourth-order valence-electron chi connectivity index (χ4n) is 5.48. The molecule has 0 spiro atoms. The molecule has 0 bridgehead atoms. The van der Waals surface area contributed by atoms with Gasteiger partial charge in [0.25, 0.3) is 0 Å². The molecule has 0 saturated carbocycles. The van der Waals surface area contributed by atoms with Crippen molar-refractivity contribution in [2.45, 2.75) is 6.92 Å². The zero-order chi connectivity index (χ0) is 27.1. The van der Waals surface area contributed by atoms with Crippen LogP contribution in [0.2, 0.25) is 0 Å². The van der Waals surface area contributed by atoms with Gasteiger partial charge in [-0.25, -0.2) is 0 Å². The number of furan rings is 2. The van der Waals surface area contributed by atoms with E-state index in [4.69, 9.17) is 8.83 Å². The van der Waals surface area contributed by atoms with Gasteiger partial charge in [0, 0.05) is 44.2 Å². The third kappa shape index (κ3) is 4.00. The number of rotatable bonds is 6. The minimum absolute atomic E-state index is 0.832. The van der Waals surface area contributed by atoms with Gasteiger partial charge in [-0.3, -0.25) is 0 Å². The molecule has 2 aromatic heterocycles. The third-order valence-corrected chi connectivity index (χ3v) is 7.39. The molecule has 0 aliphatic rings. The monoisotopic (exact) mass is 517 g/mol. The van der Waals surface area contributed by atoms with Crippen LogP contribution < -0.4 is 5.32 Å². The van der Waals surface area contributed by atoms with Crippen LogP contribution in [0.1, 0.15) is 18.2 Å². The van der Waals surface area contributed by atoms with Crippen LogP contribution in [-0.2, 0) is 0 Å². The predicted molar refractivity (Wildman–Crippen MR) is 169 cm³/mol. The standard InChI is InChI=1S/C37H27NO2/c1-3-9-34-28(4-2)32-13-7-11-29(36(32)39-34)24-16-20-26(21-17-24)38-27-22-18-25(19-23-27)30-12-8-14-33-31-10-5-6-15-35(31)40-37(30)33/h3-23,38H,2H2,1H3. The Morgan fingerprint density at radius 3 is 1.80 bits per heavy atom. The van der Waals surface area contributed by atoms with E-state index in [2.05, 4.69) is 103 Å². The van der Waals surface area contributed by atoms with E-state index in [-0.39, 0.29) is 0 Å². The highest BCUT2D eigenvalue weighted by Gasteiger charge is 2.14. The molecule has 7 rings (SSSR count). The van der Waals surface area contributed by atoms with Gasteiger partial charge < -0.3 is 14.2 Å². The molecule has 0 fully saturated rings. The zero-order valence-corrected chi connectivity index (χ0v) is 22.1. The van der Waals surface area contributed by atoms with Crippen LogP contribution >= 0.6 is 0 Å². The van der Waals surface area contributed by atoms with Crippen LogP contribution in [0.4, 0.5) is 11.4 Å². The van der Waals surface area contributed by atoms with Crippen LogP contribution in [0.15, 0.2) is 131 Å². The van der Waals surface area contributed by atoms with Crippen LogP contribution in [0.5, 0.6) is 0 Å². The van der Waals surface area contributed by atoms with Crippen molar-refractivity contribution < 1.29 is 8.83 Å². The fraction of sp³-hybridized carbons (Fsp3) is 0.0270. The Morgan fingerprint density at radius 1 is 0.600 bits per heavy atom. The predicted octanol–water partition coefficient (Wildman–Crippen LogP) is 11.1. The smallest absolute Gasteiger partial charge is 0.143 e. The largest absolute Gasteiger partial charge is 0.455 e. The van der Waals surface area contributed by atoms with Gasteiger partial charge in [-0.2, -0.15) is 0 Å². The summed E-state index contributed by atoms with van der Waals surface area (Å²) in [7, 11) is 0. The molecule has 0 amide bonds. The van der Waals surface area contributed by atoms with Crippen LogP contribution in [-0.4, -0.2) is 0 Å². The summed E-state index contributed by atoms with van der Waals surface area (Å²) in [6.07, 6.45) is 5.83. The molecule has 5 aromatic carbocycles. The van der Waals surface area contributed by atoms with E-state index in [0.717, 1.165) is 77.9 Å². The van der Waals surface area contributed by atoms with Crippen molar-refractivity contribution in [2.75, 3.05) is 5.32 Å². The van der Waals surface area contributed by atoms with Crippen molar-refractivity contribution in [3.05, 3.63) is 133 Å². The first-order valence-corrected chi connectivity index (χ1v) is 13.4. The topological polar surface area (TPSA) is 38.3 Å². The van der Waals surface area contributed by atoms with Crippen LogP contribution in [0.3, 0.4) is 0 Å². The summed E-state index contributed by atoms with van der Waals surface area (Å²) in [5, 5.41) is 6.88. The first-order chi connectivity index (χ1) is 19.7. The maximum absolute atomic E-state index is 6.25. The SMILES string of the molecule is C=Cc1c(C=CC)oc2c(-c3ccc(Nc4ccc(-c5cccc6c5oc5ccccc56)cc4)cc3)cccc12. The fourth-order valence-corrected chi connectivity index (χ4v) is 5.48. The Bertz CT molecular complexity index is 2040. The van der Waals surface area contributed by atoms with E-state index in [1.165, 1.54) is 0 Å². The lowest BCUT2D eigenvalue weighted by atomic mass is 10.0. The Labute approximate surface area is 232 Å². The summed E-state index contributed by atoms with van der Waals surface area (Å²) < 4.78 is 12.5. The summed E-state index contributed by atoms with van der Waals surface area (Å²) in [5.74, 6) is 0.832. The summed E-state index contributed by atoms with van der Waals surface area (Å²) in [4.78, 5) is 0. The van der Waals surface area contributed by atoms with Crippen molar-refractivity contribution in [3.63, 3.8) is 0 Å². The average molecular weight is 518 g/mol. The van der Waals surface area contributed by atoms with Gasteiger partial charge in [-0.1, -0.05) is 97.6 Å². The van der Waals surface area contributed by atoms with Crippen LogP contribution in [0, 0.1) is 0 Å². The Morgan fingerprint density at radius 2 is 1.18 bits per heavy atom. The molecule has 0 atom stereocenters. The number of hydrogen-bond donors (Lipinski definition) is 1. The Balaban J connectivity index is 1.15. The molecule has 0 saturated heterocycles. The van der Waals surface area contributed by atoms with Gasteiger partial charge in [0.15, 0.2) is 0 Å². The molecule has 3 nitrogen and oxygen atoms in total. The summed E-state index contributed by atoms with van der Waals surface area (Å²) in [6, 6.07) is 37.7. The summed E-state index contributed by atoms with van der Waals surface area (Å²) in [5.41, 5.74) is 10.1. The molecule has 0 unspecified atom stereocenters. The second-order valence-electron chi connectivity index (χ2n) is 9.83. The highest BCUT2D eigenvalue weighted by atomic mass is 16.3. The van der Waals surface area contributed by atoms with Crippen molar-refractivity contribution in [2.24, 2.45) is 0 Å². The van der Waals surface area contributed by atoms with Crippen LogP contribution in [0.25, 0.3) is 67.3 Å². The maximum Gasteiger partial charge on any atom is 0.143 e. The summed E-state index contributed by atoms with van der Waals surface area (Å²) in [6.45, 7) is 5.98. The molecule has 0 aliphatic heterocycles. The van der Waals surface area contributed by atoms with Gasteiger partial charge in [0.2, 0.25) is 0 Å². The Hall–Kier alpha value is -5.28. The Kier molecular flexibility index (Phi) is 5.83. The number of fused-ring (bicyclic) bond motifs is 4. The maximum atomic E-state index is 6.25. The number of anilines is 2. The highest BCUT2D eigenvalue weighted by Crippen LogP contribution is 2.37. The lowest BCUT2D eigenvalue weighted by Gasteiger charge is -2.10. The minimum atomic E-state index is 0.832. The second kappa shape index (κ2) is 9.79. The van der Waals surface area contributed by atoms with Crippen molar-refractivity contribution >= 4 is 56.4 Å². The average Bonchev–Trinajstić information content (AvgIpc) is 3.56. The lowest BCUT2D eigenvalue weighted by Crippen LogP contribution is -1.90. The van der Waals surface area contributed by atoms with Gasteiger partial charge in [-0.15, -0.1) is 0 Å². The number of allylic oxidation sites excluding steroid dienone is 1. The van der Waals surface area contributed by atoms with E-state index in [1.807, 2.05) is 43.4 Å². The normalized spacial score (nSPS) is 11.6. The molecule has 1 N–H and O–H groups in total. The first-order valence-electron chi connectivity index (χ1n) is 13.4. The molecule has 40 heavy (non-hydrogen) atoms. The van der Waals surface area contributed by atoms with Gasteiger partial charge in [0.1, 0.15) is 22.5 Å². The number of nitrogens with one attached hydrogen (secondary N) is 1. The van der Waals surface area contributed by atoms with E-state index in [1.54, 1.807) is 0 Å². The van der Waals surface area contributed by atoms with E-state index < -0.39 is 0 Å². The van der Waals surface area contributed by atoms with E-state index in [0.29, 0.717) is 0 Å². The molecular formula is C37H27NO2. The van der Waals surface area contributed by atoms with Crippen molar-refractivity contribution in [1.29, 1.82) is 0 Å². The quantitative estimate of drug-likeness (QED) is 0.238. The molecule has 0 radical (unpaired) electrons. The van der Waals surface area contributed by atoms with E-state index >= 15 is 0 Å². The van der Waals surface area contributed by atoms with Gasteiger partial charge in [0.05, 0.1) is 0 Å². The molecule has 192 valence electrons. The van der Waals surface area contributed by atoms with Gasteiger partial charge >= 0.3 is 0 Å². The van der Waals surface area contributed by atoms with Gasteiger partial charge in [-0.05, 0) is 54.5 Å². The lowest BCUT2D eigenvalue weighted by molar-refractivity contribution is 0.604. The van der Waals surface area contributed by atoms with Crippen molar-refractivity contribution in [1.82, 2.24) is 0 Å². The van der Waals surface area contributed by atoms with Crippen molar-refractivity contribution in [3.8, 4) is 22.3 Å². The highest BCUT2D eigenvalue weighted by molar-refractivity contribution is 6.09. The first kappa shape index (κ1) is 23.8. The summed E-state index contributed by atoms with van der Waals surface area (Å²) >= 11 is 0. The van der Waals surface area contributed by atoms with E-state index in [9.17, 15) is 0 Å². The minimum Gasteiger partial charge on any atom is -0.455 e. The molecule has 7 aromatic rings. The zero-order valence-electron chi connectivity index (χ0n) is 22.1. The second-order valence-corrected chi connectivity index (χ2v) is 9.83. The number of para-hydroxylation sites is 3. The third-order valence-electron chi connectivity index (χ3n) is 7.39. The molecular weight excluding hydrogens is 490 g/mol. The molecule has 2 heterocycles. The molecule has 3 heteroatoms. The number of benzene rings is 5.